The minimum absolute atomic E-state index is 0.0149. The van der Waals surface area contributed by atoms with Gasteiger partial charge in [0.15, 0.2) is 0 Å². The van der Waals surface area contributed by atoms with Crippen LogP contribution in [0.4, 0.5) is 11.4 Å². The molecule has 0 saturated heterocycles. The van der Waals surface area contributed by atoms with Gasteiger partial charge in [-0.05, 0) is 39.0 Å². The van der Waals surface area contributed by atoms with Gasteiger partial charge in [0.2, 0.25) is 0 Å². The van der Waals surface area contributed by atoms with Crippen molar-refractivity contribution in [3.05, 3.63) is 23.8 Å². The Labute approximate surface area is 114 Å². The van der Waals surface area contributed by atoms with Crippen LogP contribution in [-0.2, 0) is 0 Å². The number of hydrogen-bond donors (Lipinski definition) is 3. The topological polar surface area (TPSA) is 78.6 Å². The molecule has 0 atom stereocenters. The number of rotatable bonds is 5. The maximum atomic E-state index is 11.7. The first-order valence-electron chi connectivity index (χ1n) is 6.36. The third-order valence-electron chi connectivity index (χ3n) is 3.28. The summed E-state index contributed by atoms with van der Waals surface area (Å²) in [6.07, 6.45) is 0. The number of nitrogen functional groups attached to an aromatic ring is 1. The fourth-order valence-electron chi connectivity index (χ4n) is 1.70. The first-order valence-corrected chi connectivity index (χ1v) is 6.36. The van der Waals surface area contributed by atoms with E-state index < -0.39 is 5.54 Å². The highest BCUT2D eigenvalue weighted by Gasteiger charge is 2.24. The Hall–Kier alpha value is -1.75. The number of nitrogens with zero attached hydrogens (tertiary/aromatic N) is 1. The van der Waals surface area contributed by atoms with Crippen molar-refractivity contribution in [1.82, 2.24) is 5.32 Å². The second-order valence-corrected chi connectivity index (χ2v) is 5.16. The largest absolute Gasteiger partial charge is 0.397 e. The van der Waals surface area contributed by atoms with Crippen molar-refractivity contribution >= 4 is 17.3 Å². The molecule has 106 valence electrons. The molecule has 0 heterocycles. The van der Waals surface area contributed by atoms with E-state index in [-0.39, 0.29) is 12.5 Å². The van der Waals surface area contributed by atoms with Gasteiger partial charge in [-0.2, -0.15) is 0 Å². The number of carbonyl (C=O) groups is 1. The van der Waals surface area contributed by atoms with Crippen molar-refractivity contribution in [2.75, 3.05) is 30.8 Å². The fraction of sp³-hybridized carbons (Fsp3) is 0.500. The summed E-state index contributed by atoms with van der Waals surface area (Å²) in [5.41, 5.74) is 7.45. The monoisotopic (exact) mass is 265 g/mol. The smallest absolute Gasteiger partial charge is 0.251 e. The minimum Gasteiger partial charge on any atom is -0.397 e. The minimum atomic E-state index is -0.415. The molecule has 5 nitrogen and oxygen atoms in total. The standard InChI is InChI=1S/C14H23N3O2/c1-5-16-13(19)10-6-7-12(11(15)8-10)17(4)14(2,3)9-18/h6-8,18H,5,9,15H2,1-4H3,(H,16,19). The Kier molecular flexibility index (Phi) is 4.78. The van der Waals surface area contributed by atoms with Crippen molar-refractivity contribution in [3.8, 4) is 0 Å². The highest BCUT2D eigenvalue weighted by atomic mass is 16.3. The van der Waals surface area contributed by atoms with E-state index in [1.54, 1.807) is 18.2 Å². The number of carbonyl (C=O) groups excluding carboxylic acids is 1. The van der Waals surface area contributed by atoms with Crippen molar-refractivity contribution in [2.45, 2.75) is 26.3 Å². The maximum Gasteiger partial charge on any atom is 0.251 e. The number of aliphatic hydroxyl groups excluding tert-OH is 1. The van der Waals surface area contributed by atoms with Crippen LogP contribution in [0.3, 0.4) is 0 Å². The summed E-state index contributed by atoms with van der Waals surface area (Å²) in [4.78, 5) is 13.6. The molecular weight excluding hydrogens is 242 g/mol. The number of nitrogens with one attached hydrogen (secondary N) is 1. The van der Waals surface area contributed by atoms with Gasteiger partial charge in [0.25, 0.3) is 5.91 Å². The van der Waals surface area contributed by atoms with Gasteiger partial charge in [0.1, 0.15) is 0 Å². The highest BCUT2D eigenvalue weighted by molar-refractivity contribution is 5.96. The summed E-state index contributed by atoms with van der Waals surface area (Å²) >= 11 is 0. The van der Waals surface area contributed by atoms with E-state index in [1.807, 2.05) is 32.7 Å². The number of benzene rings is 1. The molecule has 0 aliphatic carbocycles. The Morgan fingerprint density at radius 2 is 2.11 bits per heavy atom. The molecule has 19 heavy (non-hydrogen) atoms. The van der Waals surface area contributed by atoms with E-state index in [9.17, 15) is 9.90 Å². The highest BCUT2D eigenvalue weighted by Crippen LogP contribution is 2.28. The van der Waals surface area contributed by atoms with Gasteiger partial charge in [-0.25, -0.2) is 0 Å². The van der Waals surface area contributed by atoms with Gasteiger partial charge >= 0.3 is 0 Å². The summed E-state index contributed by atoms with van der Waals surface area (Å²) in [5, 5.41) is 12.1. The average Bonchev–Trinajstić information content (AvgIpc) is 2.38. The van der Waals surface area contributed by atoms with Gasteiger partial charge in [-0.3, -0.25) is 4.79 Å². The molecule has 1 rings (SSSR count). The predicted molar refractivity (Wildman–Crippen MR) is 78.4 cm³/mol. The molecule has 0 bridgehead atoms. The van der Waals surface area contributed by atoms with Crippen LogP contribution >= 0.6 is 0 Å². The molecule has 4 N–H and O–H groups in total. The molecule has 5 heteroatoms. The van der Waals surface area contributed by atoms with Gasteiger partial charge in [-0.15, -0.1) is 0 Å². The Morgan fingerprint density at radius 3 is 2.58 bits per heavy atom. The van der Waals surface area contributed by atoms with Crippen molar-refractivity contribution in [1.29, 1.82) is 0 Å². The van der Waals surface area contributed by atoms with E-state index in [2.05, 4.69) is 5.32 Å². The van der Waals surface area contributed by atoms with Crippen LogP contribution in [-0.4, -0.2) is 36.8 Å². The van der Waals surface area contributed by atoms with E-state index in [0.29, 0.717) is 17.8 Å². The second-order valence-electron chi connectivity index (χ2n) is 5.16. The molecule has 1 amide bonds. The zero-order valence-electron chi connectivity index (χ0n) is 12.0. The summed E-state index contributed by atoms with van der Waals surface area (Å²) in [7, 11) is 1.87. The Bertz CT molecular complexity index is 458. The van der Waals surface area contributed by atoms with Gasteiger partial charge in [0, 0.05) is 19.2 Å². The zero-order valence-corrected chi connectivity index (χ0v) is 12.0. The third kappa shape index (κ3) is 3.38. The van der Waals surface area contributed by atoms with Gasteiger partial charge in [0.05, 0.1) is 23.5 Å². The Morgan fingerprint density at radius 1 is 1.47 bits per heavy atom. The molecule has 1 aromatic carbocycles. The number of anilines is 2. The van der Waals surface area contributed by atoms with Crippen molar-refractivity contribution in [3.63, 3.8) is 0 Å². The van der Waals surface area contributed by atoms with Crippen LogP contribution in [0, 0.1) is 0 Å². The van der Waals surface area contributed by atoms with E-state index in [0.717, 1.165) is 5.69 Å². The normalized spacial score (nSPS) is 11.2. The van der Waals surface area contributed by atoms with E-state index in [1.165, 1.54) is 0 Å². The molecule has 0 aliphatic rings. The molecule has 0 aliphatic heterocycles. The van der Waals surface area contributed by atoms with Crippen LogP contribution in [0.15, 0.2) is 18.2 Å². The summed E-state index contributed by atoms with van der Waals surface area (Å²) < 4.78 is 0. The lowest BCUT2D eigenvalue weighted by Gasteiger charge is -2.36. The number of hydrogen-bond acceptors (Lipinski definition) is 4. The molecule has 0 aromatic heterocycles. The first kappa shape index (κ1) is 15.3. The third-order valence-corrected chi connectivity index (χ3v) is 3.28. The van der Waals surface area contributed by atoms with Crippen molar-refractivity contribution in [2.24, 2.45) is 0 Å². The van der Waals surface area contributed by atoms with Crippen LogP contribution < -0.4 is 16.0 Å². The number of nitrogens with two attached hydrogens (primary N) is 1. The maximum absolute atomic E-state index is 11.7. The quantitative estimate of drug-likeness (QED) is 0.700. The van der Waals surface area contributed by atoms with Gasteiger partial charge in [-0.1, -0.05) is 0 Å². The lowest BCUT2D eigenvalue weighted by atomic mass is 10.0. The molecule has 0 saturated carbocycles. The second kappa shape index (κ2) is 5.93. The molecular formula is C14H23N3O2. The fourth-order valence-corrected chi connectivity index (χ4v) is 1.70. The lowest BCUT2D eigenvalue weighted by Crippen LogP contribution is -2.44. The van der Waals surface area contributed by atoms with Gasteiger partial charge < -0.3 is 21.1 Å². The zero-order chi connectivity index (χ0) is 14.6. The number of likely N-dealkylation sites (N-methyl/N-ethyl adjacent to an activating group) is 1. The van der Waals surface area contributed by atoms with Crippen LogP contribution in [0.5, 0.6) is 0 Å². The number of aliphatic hydroxyl groups is 1. The molecule has 0 radical (unpaired) electrons. The SMILES string of the molecule is CCNC(=O)c1ccc(N(C)C(C)(C)CO)c(N)c1. The molecule has 0 unspecified atom stereocenters. The van der Waals surface area contributed by atoms with Crippen LogP contribution in [0.25, 0.3) is 0 Å². The van der Waals surface area contributed by atoms with Crippen molar-refractivity contribution < 1.29 is 9.90 Å². The van der Waals surface area contributed by atoms with E-state index >= 15 is 0 Å². The average molecular weight is 265 g/mol. The summed E-state index contributed by atoms with van der Waals surface area (Å²) in [6.45, 7) is 6.31. The number of amides is 1. The van der Waals surface area contributed by atoms with Crippen LogP contribution in [0.1, 0.15) is 31.1 Å². The lowest BCUT2D eigenvalue weighted by molar-refractivity contribution is 0.0956. The summed E-state index contributed by atoms with van der Waals surface area (Å²) in [5.74, 6) is -0.134. The van der Waals surface area contributed by atoms with Crippen LogP contribution in [0.2, 0.25) is 0 Å². The summed E-state index contributed by atoms with van der Waals surface area (Å²) in [6, 6.07) is 5.20. The Balaban J connectivity index is 3.04. The molecule has 0 spiro atoms. The molecule has 1 aromatic rings. The van der Waals surface area contributed by atoms with E-state index in [4.69, 9.17) is 5.73 Å². The first-order chi connectivity index (χ1) is 8.83. The predicted octanol–water partition coefficient (Wildman–Crippen LogP) is 1.23. The molecule has 0 fully saturated rings.